The minimum absolute atomic E-state index is 0.00350. The molecule has 1 fully saturated rings. The Morgan fingerprint density at radius 3 is 2.73 bits per heavy atom. The smallest absolute Gasteiger partial charge is 0.261 e. The number of fused-ring (bicyclic) bond motifs is 1. The fourth-order valence-electron chi connectivity index (χ4n) is 2.96. The zero-order chi connectivity index (χ0) is 18.3. The van der Waals surface area contributed by atoms with Crippen LogP contribution in [-0.2, 0) is 9.59 Å². The van der Waals surface area contributed by atoms with Gasteiger partial charge in [-0.05, 0) is 35.9 Å². The summed E-state index contributed by atoms with van der Waals surface area (Å²) in [5.74, 6) is 0.685. The zero-order valence-corrected chi connectivity index (χ0v) is 13.9. The Hall–Kier alpha value is -3.48. The number of phenols is 1. The van der Waals surface area contributed by atoms with E-state index < -0.39 is 0 Å². The van der Waals surface area contributed by atoms with Crippen molar-refractivity contribution in [1.29, 1.82) is 0 Å². The Morgan fingerprint density at radius 2 is 1.92 bits per heavy atom. The molecule has 2 aliphatic heterocycles. The van der Waals surface area contributed by atoms with Crippen molar-refractivity contribution in [3.8, 4) is 23.0 Å². The van der Waals surface area contributed by atoms with Gasteiger partial charge in [-0.3, -0.25) is 9.59 Å². The van der Waals surface area contributed by atoms with Gasteiger partial charge in [0.2, 0.25) is 12.7 Å². The number of aromatic hydroxyl groups is 1. The highest BCUT2D eigenvalue weighted by atomic mass is 16.7. The van der Waals surface area contributed by atoms with E-state index in [0.717, 1.165) is 4.90 Å². The highest BCUT2D eigenvalue weighted by Crippen LogP contribution is 2.37. The summed E-state index contributed by atoms with van der Waals surface area (Å²) in [7, 11) is 1.44. The molecule has 7 heteroatoms. The predicted octanol–water partition coefficient (Wildman–Crippen LogP) is 2.48. The third kappa shape index (κ3) is 2.63. The van der Waals surface area contributed by atoms with Gasteiger partial charge < -0.3 is 19.3 Å². The SMILES string of the molecule is COc1cc(/C=C2\CC(=O)N(c3ccc4c(c3)OCO4)C2=O)ccc1O. The first-order chi connectivity index (χ1) is 12.6. The molecule has 1 saturated heterocycles. The van der Waals surface area contributed by atoms with Crippen LogP contribution in [0, 0.1) is 0 Å². The largest absolute Gasteiger partial charge is 0.504 e. The standard InChI is InChI=1S/C19H15NO6/c1-24-16-7-11(2-4-14(16)21)6-12-8-18(22)20(19(12)23)13-3-5-15-17(9-13)26-10-25-15/h2-7,9,21H,8,10H2,1H3/b12-6+. The lowest BCUT2D eigenvalue weighted by atomic mass is 10.1. The third-order valence-corrected chi connectivity index (χ3v) is 4.23. The van der Waals surface area contributed by atoms with Crippen LogP contribution >= 0.6 is 0 Å². The van der Waals surface area contributed by atoms with Gasteiger partial charge in [0, 0.05) is 11.6 Å². The second-order valence-electron chi connectivity index (χ2n) is 5.85. The van der Waals surface area contributed by atoms with E-state index in [1.807, 2.05) is 0 Å². The highest BCUT2D eigenvalue weighted by Gasteiger charge is 2.35. The first-order valence-corrected chi connectivity index (χ1v) is 7.91. The van der Waals surface area contributed by atoms with Gasteiger partial charge in [0.25, 0.3) is 5.91 Å². The van der Waals surface area contributed by atoms with E-state index in [2.05, 4.69) is 0 Å². The summed E-state index contributed by atoms with van der Waals surface area (Å²) in [5, 5.41) is 9.66. The molecule has 0 saturated carbocycles. The molecule has 1 N–H and O–H groups in total. The quantitative estimate of drug-likeness (QED) is 0.674. The summed E-state index contributed by atoms with van der Waals surface area (Å²) in [5.41, 5.74) is 1.46. The molecule has 2 aromatic rings. The minimum atomic E-state index is -0.388. The number of imide groups is 1. The van der Waals surface area contributed by atoms with E-state index in [0.29, 0.717) is 34.1 Å². The maximum atomic E-state index is 12.7. The zero-order valence-electron chi connectivity index (χ0n) is 13.9. The maximum absolute atomic E-state index is 12.7. The van der Waals surface area contributed by atoms with Crippen LogP contribution in [-0.4, -0.2) is 30.8 Å². The number of carbonyl (C=O) groups excluding carboxylic acids is 2. The summed E-state index contributed by atoms with van der Waals surface area (Å²) in [6.45, 7) is 0.120. The van der Waals surface area contributed by atoms with E-state index in [-0.39, 0.29) is 30.8 Å². The number of carbonyl (C=O) groups is 2. The fourth-order valence-corrected chi connectivity index (χ4v) is 2.96. The molecule has 0 spiro atoms. The molecule has 7 nitrogen and oxygen atoms in total. The second-order valence-corrected chi connectivity index (χ2v) is 5.85. The van der Waals surface area contributed by atoms with Crippen molar-refractivity contribution in [3.05, 3.63) is 47.5 Å². The number of amides is 2. The van der Waals surface area contributed by atoms with Crippen LogP contribution in [0.2, 0.25) is 0 Å². The molecule has 0 aliphatic carbocycles. The van der Waals surface area contributed by atoms with Crippen LogP contribution < -0.4 is 19.1 Å². The number of nitrogens with zero attached hydrogens (tertiary/aromatic N) is 1. The number of methoxy groups -OCH3 is 1. The third-order valence-electron chi connectivity index (χ3n) is 4.23. The van der Waals surface area contributed by atoms with Crippen molar-refractivity contribution in [2.24, 2.45) is 0 Å². The number of rotatable bonds is 3. The van der Waals surface area contributed by atoms with Crippen LogP contribution in [0.25, 0.3) is 6.08 Å². The van der Waals surface area contributed by atoms with Gasteiger partial charge in [0.1, 0.15) is 0 Å². The molecule has 2 amide bonds. The van der Waals surface area contributed by atoms with Crippen molar-refractivity contribution in [2.45, 2.75) is 6.42 Å². The average molecular weight is 353 g/mol. The van der Waals surface area contributed by atoms with Gasteiger partial charge in [-0.15, -0.1) is 0 Å². The van der Waals surface area contributed by atoms with Gasteiger partial charge in [0.05, 0.1) is 19.2 Å². The lowest BCUT2D eigenvalue weighted by Gasteiger charge is -2.13. The van der Waals surface area contributed by atoms with Crippen molar-refractivity contribution in [2.75, 3.05) is 18.8 Å². The molecular weight excluding hydrogens is 338 g/mol. The Labute approximate surface area is 149 Å². The van der Waals surface area contributed by atoms with Crippen LogP contribution in [0.4, 0.5) is 5.69 Å². The summed E-state index contributed by atoms with van der Waals surface area (Å²) >= 11 is 0. The number of ether oxygens (including phenoxy) is 3. The summed E-state index contributed by atoms with van der Waals surface area (Å²) in [4.78, 5) is 26.2. The van der Waals surface area contributed by atoms with E-state index in [1.54, 1.807) is 36.4 Å². The number of benzene rings is 2. The van der Waals surface area contributed by atoms with Gasteiger partial charge in [-0.25, -0.2) is 4.90 Å². The normalized spacial score (nSPS) is 17.3. The number of hydrogen-bond donors (Lipinski definition) is 1. The highest BCUT2D eigenvalue weighted by molar-refractivity contribution is 6.29. The topological polar surface area (TPSA) is 85.3 Å². The minimum Gasteiger partial charge on any atom is -0.504 e. The molecule has 0 aromatic heterocycles. The molecule has 0 radical (unpaired) electrons. The van der Waals surface area contributed by atoms with Crippen molar-refractivity contribution < 1.29 is 28.9 Å². The van der Waals surface area contributed by atoms with E-state index >= 15 is 0 Å². The fraction of sp³-hybridized carbons (Fsp3) is 0.158. The van der Waals surface area contributed by atoms with E-state index in [4.69, 9.17) is 14.2 Å². The Morgan fingerprint density at radius 1 is 1.12 bits per heavy atom. The lowest BCUT2D eigenvalue weighted by molar-refractivity contribution is -0.120. The monoisotopic (exact) mass is 353 g/mol. The van der Waals surface area contributed by atoms with Crippen molar-refractivity contribution in [1.82, 2.24) is 0 Å². The Balaban J connectivity index is 1.65. The molecule has 0 bridgehead atoms. The number of phenolic OH excluding ortho intramolecular Hbond substituents is 1. The van der Waals surface area contributed by atoms with Crippen LogP contribution in [0.5, 0.6) is 23.0 Å². The lowest BCUT2D eigenvalue weighted by Crippen LogP contribution is -2.28. The summed E-state index contributed by atoms with van der Waals surface area (Å²) < 4.78 is 15.6. The van der Waals surface area contributed by atoms with Crippen LogP contribution in [0.15, 0.2) is 42.0 Å². The van der Waals surface area contributed by atoms with Gasteiger partial charge in [0.15, 0.2) is 23.0 Å². The maximum Gasteiger partial charge on any atom is 0.261 e. The van der Waals surface area contributed by atoms with Gasteiger partial charge in [-0.1, -0.05) is 6.07 Å². The molecular formula is C19H15NO6. The molecule has 4 rings (SSSR count). The Kier molecular flexibility index (Phi) is 3.76. The number of hydrogen-bond acceptors (Lipinski definition) is 6. The second kappa shape index (κ2) is 6.11. The van der Waals surface area contributed by atoms with Gasteiger partial charge in [-0.2, -0.15) is 0 Å². The van der Waals surface area contributed by atoms with E-state index in [1.165, 1.54) is 13.2 Å². The summed E-state index contributed by atoms with van der Waals surface area (Å²) in [6.07, 6.45) is 1.62. The first-order valence-electron chi connectivity index (χ1n) is 7.91. The predicted molar refractivity (Wildman–Crippen MR) is 92.3 cm³/mol. The molecule has 26 heavy (non-hydrogen) atoms. The van der Waals surface area contributed by atoms with Crippen LogP contribution in [0.1, 0.15) is 12.0 Å². The average Bonchev–Trinajstić information content (AvgIpc) is 3.20. The molecule has 2 heterocycles. The molecule has 132 valence electrons. The van der Waals surface area contributed by atoms with Crippen molar-refractivity contribution in [3.63, 3.8) is 0 Å². The first kappa shape index (κ1) is 16.0. The molecule has 0 atom stereocenters. The Bertz CT molecular complexity index is 949. The number of anilines is 1. The molecule has 0 unspecified atom stereocenters. The van der Waals surface area contributed by atoms with Gasteiger partial charge >= 0.3 is 0 Å². The summed E-state index contributed by atoms with van der Waals surface area (Å²) in [6, 6.07) is 9.66. The molecule has 2 aromatic carbocycles. The molecule has 2 aliphatic rings. The van der Waals surface area contributed by atoms with Crippen LogP contribution in [0.3, 0.4) is 0 Å². The van der Waals surface area contributed by atoms with Crippen molar-refractivity contribution >= 4 is 23.6 Å². The van der Waals surface area contributed by atoms with E-state index in [9.17, 15) is 14.7 Å².